The summed E-state index contributed by atoms with van der Waals surface area (Å²) in [6.45, 7) is 20.0. The van der Waals surface area contributed by atoms with Gasteiger partial charge >= 0.3 is 5.97 Å². The molecule has 0 aromatic heterocycles. The highest BCUT2D eigenvalue weighted by Crippen LogP contribution is 2.34. The first-order chi connectivity index (χ1) is 14.0. The zero-order valence-corrected chi connectivity index (χ0v) is 20.2. The van der Waals surface area contributed by atoms with Crippen LogP contribution in [0.4, 0.5) is 0 Å². The first-order valence-corrected chi connectivity index (χ1v) is 10.4. The monoisotopic (exact) mass is 406 g/mol. The fraction of sp³-hybridized carbons (Fsp3) is 0.480. The Morgan fingerprint density at radius 1 is 0.897 bits per heavy atom. The van der Waals surface area contributed by atoms with Crippen molar-refractivity contribution in [2.75, 3.05) is 14.2 Å². The Kier molecular flexibility index (Phi) is 22.1. The number of carbonyl (C=O) groups excluding carboxylic acids is 1. The van der Waals surface area contributed by atoms with Crippen molar-refractivity contribution < 1.29 is 19.4 Å². The molecule has 1 N–H and O–H groups in total. The predicted octanol–water partition coefficient (Wildman–Crippen LogP) is 6.87. The summed E-state index contributed by atoms with van der Waals surface area (Å²) in [7, 11) is 2.36. The number of aliphatic hydroxyl groups excluding tert-OH is 1. The quantitative estimate of drug-likeness (QED) is 0.337. The molecule has 0 radical (unpaired) electrons. The summed E-state index contributed by atoms with van der Waals surface area (Å²) >= 11 is 0. The lowest BCUT2D eigenvalue weighted by molar-refractivity contribution is -0.135. The predicted molar refractivity (Wildman–Crippen MR) is 125 cm³/mol. The number of para-hydroxylation sites is 1. The third-order valence-corrected chi connectivity index (χ3v) is 3.71. The van der Waals surface area contributed by atoms with Crippen molar-refractivity contribution >= 4 is 5.97 Å². The van der Waals surface area contributed by atoms with Crippen LogP contribution in [0.2, 0.25) is 0 Å². The second-order valence-electron chi connectivity index (χ2n) is 5.20. The molecule has 0 unspecified atom stereocenters. The fourth-order valence-electron chi connectivity index (χ4n) is 2.26. The molecule has 0 amide bonds. The normalized spacial score (nSPS) is 11.7. The summed E-state index contributed by atoms with van der Waals surface area (Å²) in [6, 6.07) is 9.56. The van der Waals surface area contributed by atoms with E-state index in [1.165, 1.54) is 18.3 Å². The molecule has 4 nitrogen and oxygen atoms in total. The summed E-state index contributed by atoms with van der Waals surface area (Å²) in [4.78, 5) is 11.8. The molecular weight excluding hydrogens is 364 g/mol. The summed E-state index contributed by atoms with van der Waals surface area (Å²) in [5.74, 6) is 1.13. The van der Waals surface area contributed by atoms with E-state index in [1.807, 2.05) is 71.9 Å². The van der Waals surface area contributed by atoms with E-state index in [0.717, 1.165) is 24.2 Å². The lowest BCUT2D eigenvalue weighted by Gasteiger charge is -2.23. The molecule has 0 saturated heterocycles. The van der Waals surface area contributed by atoms with Gasteiger partial charge in [0.1, 0.15) is 11.5 Å². The average molecular weight is 407 g/mol. The van der Waals surface area contributed by atoms with Crippen molar-refractivity contribution in [1.29, 1.82) is 0 Å². The molecule has 4 heteroatoms. The first-order valence-electron chi connectivity index (χ1n) is 10.4. The van der Waals surface area contributed by atoms with Crippen LogP contribution < -0.4 is 4.74 Å². The number of allylic oxidation sites excluding steroid dienone is 2. The number of hydrogen-bond acceptors (Lipinski definition) is 4. The zero-order chi connectivity index (χ0) is 23.4. The number of esters is 1. The van der Waals surface area contributed by atoms with Crippen LogP contribution in [0.15, 0.2) is 65.0 Å². The molecule has 2 rings (SSSR count). The molecule has 1 aromatic carbocycles. The van der Waals surface area contributed by atoms with E-state index in [2.05, 4.69) is 20.4 Å². The van der Waals surface area contributed by atoms with E-state index in [-0.39, 0.29) is 0 Å². The average Bonchev–Trinajstić information content (AvgIpc) is 2.81. The van der Waals surface area contributed by atoms with Gasteiger partial charge in [0.25, 0.3) is 0 Å². The highest BCUT2D eigenvalue weighted by molar-refractivity contribution is 5.93. The van der Waals surface area contributed by atoms with Gasteiger partial charge in [0.2, 0.25) is 0 Å². The number of aliphatic hydroxyl groups is 1. The van der Waals surface area contributed by atoms with Crippen molar-refractivity contribution in [3.63, 3.8) is 0 Å². The van der Waals surface area contributed by atoms with Crippen molar-refractivity contribution in [3.05, 3.63) is 65.0 Å². The van der Waals surface area contributed by atoms with E-state index in [1.54, 1.807) is 0 Å². The summed E-state index contributed by atoms with van der Waals surface area (Å²) in [6.07, 6.45) is 1.36. The topological polar surface area (TPSA) is 55.8 Å². The Morgan fingerprint density at radius 3 is 1.79 bits per heavy atom. The Bertz CT molecular complexity index is 625. The van der Waals surface area contributed by atoms with Crippen LogP contribution in [0, 0.1) is 0 Å². The van der Waals surface area contributed by atoms with Gasteiger partial charge < -0.3 is 14.6 Å². The summed E-state index contributed by atoms with van der Waals surface area (Å²) in [5, 5.41) is 7.00. The van der Waals surface area contributed by atoms with Crippen LogP contribution >= 0.6 is 0 Å². The van der Waals surface area contributed by atoms with Gasteiger partial charge in [0, 0.05) is 19.1 Å². The van der Waals surface area contributed by atoms with E-state index in [4.69, 9.17) is 14.6 Å². The number of ether oxygens (including phenoxy) is 2. The van der Waals surface area contributed by atoms with Gasteiger partial charge in [-0.3, -0.25) is 0 Å². The fourth-order valence-corrected chi connectivity index (χ4v) is 2.26. The molecule has 0 bridgehead atoms. The van der Waals surface area contributed by atoms with Gasteiger partial charge in [-0.2, -0.15) is 0 Å². The molecule has 1 aliphatic carbocycles. The molecular formula is C25H42O4. The van der Waals surface area contributed by atoms with Crippen molar-refractivity contribution in [2.24, 2.45) is 0 Å². The van der Waals surface area contributed by atoms with Crippen LogP contribution in [-0.4, -0.2) is 25.3 Å². The van der Waals surface area contributed by atoms with Crippen LogP contribution in [0.3, 0.4) is 0 Å². The highest BCUT2D eigenvalue weighted by atomic mass is 16.5. The minimum Gasteiger partial charge on any atom is -0.465 e. The summed E-state index contributed by atoms with van der Waals surface area (Å²) in [5.41, 5.74) is 3.71. The standard InChI is InChI=1S/C18H20O3.3C2H6.CH4O/c1-12-10-16(14(3)18(19)20-4)17(11-13(12)2)21-15-8-6-5-7-9-15;4*1-2/h5-9H,3,10-11H2,1-2,4H3;3*1-2H3;2H,1H3. The number of methoxy groups -OCH3 is 1. The Labute approximate surface area is 178 Å². The highest BCUT2D eigenvalue weighted by Gasteiger charge is 2.23. The van der Waals surface area contributed by atoms with Crippen molar-refractivity contribution in [1.82, 2.24) is 0 Å². The third kappa shape index (κ3) is 11.3. The number of hydrogen-bond donors (Lipinski definition) is 1. The number of rotatable bonds is 4. The molecule has 1 aliphatic rings. The number of benzene rings is 1. The van der Waals surface area contributed by atoms with Crippen LogP contribution in [-0.2, 0) is 9.53 Å². The van der Waals surface area contributed by atoms with E-state index in [0.29, 0.717) is 18.4 Å². The minimum absolute atomic E-state index is 0.371. The van der Waals surface area contributed by atoms with E-state index in [9.17, 15) is 4.79 Å². The maximum absolute atomic E-state index is 11.8. The largest absolute Gasteiger partial charge is 0.465 e. The molecule has 0 aliphatic heterocycles. The summed E-state index contributed by atoms with van der Waals surface area (Å²) < 4.78 is 10.8. The minimum atomic E-state index is -0.411. The zero-order valence-electron chi connectivity index (χ0n) is 20.2. The second kappa shape index (κ2) is 20.4. The SMILES string of the molecule is C=C(C(=O)OC)C1=C(Oc2ccccc2)CC(C)=C(C)C1.CC.CC.CC.CO. The molecule has 166 valence electrons. The Hall–Kier alpha value is -2.33. The van der Waals surface area contributed by atoms with Gasteiger partial charge in [-0.25, -0.2) is 4.79 Å². The molecule has 0 spiro atoms. The molecule has 0 heterocycles. The van der Waals surface area contributed by atoms with Crippen LogP contribution in [0.5, 0.6) is 5.75 Å². The van der Waals surface area contributed by atoms with Gasteiger partial charge in [-0.15, -0.1) is 0 Å². The Morgan fingerprint density at radius 2 is 1.34 bits per heavy atom. The molecule has 1 aromatic rings. The first kappa shape index (κ1) is 31.4. The molecule has 29 heavy (non-hydrogen) atoms. The molecule has 0 atom stereocenters. The lowest BCUT2D eigenvalue weighted by Crippen LogP contribution is -2.14. The number of carbonyl (C=O) groups is 1. The van der Waals surface area contributed by atoms with Crippen LogP contribution in [0.25, 0.3) is 0 Å². The van der Waals surface area contributed by atoms with Gasteiger partial charge in [-0.05, 0) is 32.4 Å². The van der Waals surface area contributed by atoms with Gasteiger partial charge in [0.05, 0.1) is 12.7 Å². The van der Waals surface area contributed by atoms with Crippen LogP contribution in [0.1, 0.15) is 68.2 Å². The second-order valence-corrected chi connectivity index (χ2v) is 5.20. The van der Waals surface area contributed by atoms with E-state index >= 15 is 0 Å². The van der Waals surface area contributed by atoms with Crippen molar-refractivity contribution in [2.45, 2.75) is 68.2 Å². The maximum atomic E-state index is 11.8. The molecule has 0 fully saturated rings. The van der Waals surface area contributed by atoms with Crippen molar-refractivity contribution in [3.8, 4) is 5.75 Å². The maximum Gasteiger partial charge on any atom is 0.337 e. The lowest BCUT2D eigenvalue weighted by atomic mass is 9.88. The van der Waals surface area contributed by atoms with E-state index < -0.39 is 5.97 Å². The van der Waals surface area contributed by atoms with Gasteiger partial charge in [0.15, 0.2) is 0 Å². The van der Waals surface area contributed by atoms with Gasteiger partial charge in [-0.1, -0.05) is 77.5 Å². The smallest absolute Gasteiger partial charge is 0.337 e. The Balaban J connectivity index is -0.000000754. The third-order valence-electron chi connectivity index (χ3n) is 3.71. The molecule has 0 saturated carbocycles.